The Hall–Kier alpha value is -3.47. The zero-order valence-corrected chi connectivity index (χ0v) is 20.4. The van der Waals surface area contributed by atoms with Crippen LogP contribution < -0.4 is 5.32 Å². The van der Waals surface area contributed by atoms with Crippen molar-refractivity contribution >= 4 is 27.4 Å². The summed E-state index contributed by atoms with van der Waals surface area (Å²) in [5.41, 5.74) is 0.170. The summed E-state index contributed by atoms with van der Waals surface area (Å²) in [5, 5.41) is 1.23. The highest BCUT2D eigenvalue weighted by Gasteiger charge is 2.48. The number of aryl methyl sites for hydroxylation is 1. The molecule has 4 radical (unpaired) electrons. The summed E-state index contributed by atoms with van der Waals surface area (Å²) in [5.74, 6) is -0.0840. The molecule has 4 rings (SSSR count). The number of nitrogens with one attached hydrogen (secondary N) is 1. The highest BCUT2D eigenvalue weighted by molar-refractivity contribution is 6.41. The van der Waals surface area contributed by atoms with Crippen LogP contribution in [0.2, 0.25) is 0 Å². The van der Waals surface area contributed by atoms with Gasteiger partial charge in [0.1, 0.15) is 11.5 Å². The highest BCUT2D eigenvalue weighted by atomic mass is 19.4. The molecule has 3 aromatic rings. The minimum absolute atomic E-state index is 0.0388. The maximum atomic E-state index is 14.1. The Morgan fingerprint density at radius 3 is 2.46 bits per heavy atom. The van der Waals surface area contributed by atoms with Gasteiger partial charge in [-0.1, -0.05) is 0 Å². The molecular weight excluding hydrogens is 483 g/mol. The van der Waals surface area contributed by atoms with Gasteiger partial charge < -0.3 is 15.0 Å². The number of carbonyl (C=O) groups is 1. The molecule has 1 amide bonds. The predicted molar refractivity (Wildman–Crippen MR) is 132 cm³/mol. The van der Waals surface area contributed by atoms with Gasteiger partial charge in [-0.15, -0.1) is 0 Å². The number of rotatable bonds is 5. The Kier molecular flexibility index (Phi) is 7.27. The van der Waals surface area contributed by atoms with E-state index >= 15 is 0 Å². The number of hydrogen-bond donors (Lipinski definition) is 1. The lowest BCUT2D eigenvalue weighted by atomic mass is 9.56. The molecule has 13 heteroatoms. The molecule has 1 fully saturated rings. The second-order valence-electron chi connectivity index (χ2n) is 8.85. The number of alkyl halides is 3. The average molecular weight is 506 g/mol. The second kappa shape index (κ2) is 10.1. The van der Waals surface area contributed by atoms with Crippen LogP contribution in [-0.4, -0.2) is 76.6 Å². The zero-order valence-electron chi connectivity index (χ0n) is 20.4. The van der Waals surface area contributed by atoms with Crippen LogP contribution in [0.25, 0.3) is 11.4 Å². The first-order valence-corrected chi connectivity index (χ1v) is 11.5. The third kappa shape index (κ3) is 5.46. The van der Waals surface area contributed by atoms with E-state index in [2.05, 4.69) is 25.3 Å². The van der Waals surface area contributed by atoms with Gasteiger partial charge in [0.15, 0.2) is 5.82 Å². The number of amides is 1. The lowest BCUT2D eigenvalue weighted by Gasteiger charge is -2.54. The molecule has 0 aliphatic carbocycles. The summed E-state index contributed by atoms with van der Waals surface area (Å²) in [4.78, 5) is 32.1. The quantitative estimate of drug-likeness (QED) is 0.533. The number of hydrogen-bond acceptors (Lipinski definition) is 7. The molecule has 0 aromatic carbocycles. The molecule has 1 N–H and O–H groups in total. The van der Waals surface area contributed by atoms with E-state index in [0.717, 1.165) is 12.3 Å². The van der Waals surface area contributed by atoms with E-state index in [-0.39, 0.29) is 18.1 Å². The van der Waals surface area contributed by atoms with E-state index in [1.807, 2.05) is 0 Å². The van der Waals surface area contributed by atoms with Crippen LogP contribution in [0.3, 0.4) is 0 Å². The van der Waals surface area contributed by atoms with E-state index in [9.17, 15) is 18.0 Å². The van der Waals surface area contributed by atoms with Crippen molar-refractivity contribution in [3.63, 3.8) is 0 Å². The summed E-state index contributed by atoms with van der Waals surface area (Å²) in [6.07, 6.45) is -1.95. The van der Waals surface area contributed by atoms with Gasteiger partial charge in [0.05, 0.1) is 45.1 Å². The number of halogens is 3. The van der Waals surface area contributed by atoms with Crippen molar-refractivity contribution in [3.8, 4) is 11.4 Å². The number of carbonyl (C=O) groups excluding carboxylic acids is 1. The summed E-state index contributed by atoms with van der Waals surface area (Å²) in [7, 11) is 12.9. The summed E-state index contributed by atoms with van der Waals surface area (Å²) >= 11 is 0. The molecule has 0 unspecified atom stereocenters. The monoisotopic (exact) mass is 506 g/mol. The Labute approximate surface area is 214 Å². The highest BCUT2D eigenvalue weighted by Crippen LogP contribution is 2.33. The Morgan fingerprint density at radius 2 is 1.84 bits per heavy atom. The maximum absolute atomic E-state index is 14.1. The Bertz CT molecular complexity index is 1260. The minimum Gasteiger partial charge on any atom is -0.373 e. The molecule has 1 aliphatic heterocycles. The van der Waals surface area contributed by atoms with Crippen molar-refractivity contribution in [2.45, 2.75) is 50.5 Å². The van der Waals surface area contributed by atoms with E-state index in [4.69, 9.17) is 20.4 Å². The van der Waals surface area contributed by atoms with E-state index < -0.39 is 41.2 Å². The van der Waals surface area contributed by atoms with Gasteiger partial charge in [-0.3, -0.25) is 4.79 Å². The van der Waals surface area contributed by atoms with Gasteiger partial charge in [0, 0.05) is 30.8 Å². The average Bonchev–Trinajstić information content (AvgIpc) is 2.85. The molecular formula is C24H23B2F3N6O2. The molecule has 0 bridgehead atoms. The predicted octanol–water partition coefficient (Wildman–Crippen LogP) is 2.98. The van der Waals surface area contributed by atoms with Gasteiger partial charge in [0.25, 0.3) is 5.91 Å². The number of nitrogens with zero attached hydrogens (tertiary/aromatic N) is 5. The van der Waals surface area contributed by atoms with Crippen LogP contribution in [0.5, 0.6) is 0 Å². The van der Waals surface area contributed by atoms with Gasteiger partial charge in [-0.05, 0) is 56.4 Å². The first-order chi connectivity index (χ1) is 17.4. The molecule has 1 aliphatic rings. The summed E-state index contributed by atoms with van der Waals surface area (Å²) in [6.45, 7) is 5.19. The number of morpholine rings is 1. The van der Waals surface area contributed by atoms with Gasteiger partial charge in [-0.25, -0.2) is 19.9 Å². The number of anilines is 1. The van der Waals surface area contributed by atoms with E-state index in [0.29, 0.717) is 17.1 Å². The first kappa shape index (κ1) is 26.6. The van der Waals surface area contributed by atoms with Crippen LogP contribution >= 0.6 is 0 Å². The SMILES string of the molecule is [B]C1([B])[C@@H](C)O[C@@H](C)[C@@H](CNc2ccc(C(F)(F)F)cn2)N1C(=O)c1nc(C)ccc1-c1ncccn1. The Morgan fingerprint density at radius 1 is 1.14 bits per heavy atom. The fraction of sp³-hybridized carbons (Fsp3) is 0.375. The van der Waals surface area contributed by atoms with Crippen molar-refractivity contribution < 1.29 is 22.7 Å². The lowest BCUT2D eigenvalue weighted by Crippen LogP contribution is -2.71. The molecule has 3 aromatic heterocycles. The van der Waals surface area contributed by atoms with Crippen LogP contribution in [0, 0.1) is 6.92 Å². The van der Waals surface area contributed by atoms with E-state index in [1.54, 1.807) is 51.4 Å². The number of aromatic nitrogens is 4. The summed E-state index contributed by atoms with van der Waals surface area (Å²) in [6, 6.07) is 6.48. The standard InChI is InChI=1S/C24H23B2F3N6O2/c1-13-5-7-17(21-30-9-4-10-31-21)20(34-13)22(36)35-18(14(2)37-15(3)23(35,25)26)12-33-19-8-6-16(11-32-19)24(27,28)29/h4-11,14-15,18H,12H2,1-3H3,(H,32,33)/t14-,15+,18+/m0/s1. The molecule has 0 saturated carbocycles. The molecule has 37 heavy (non-hydrogen) atoms. The Balaban J connectivity index is 1.68. The van der Waals surface area contributed by atoms with Crippen LogP contribution in [0.15, 0.2) is 48.9 Å². The lowest BCUT2D eigenvalue weighted by molar-refractivity contribution is -0.137. The molecule has 4 heterocycles. The van der Waals surface area contributed by atoms with Crippen LogP contribution in [-0.2, 0) is 10.9 Å². The van der Waals surface area contributed by atoms with Crippen molar-refractivity contribution in [2.75, 3.05) is 11.9 Å². The van der Waals surface area contributed by atoms with Gasteiger partial charge in [0.2, 0.25) is 0 Å². The topological polar surface area (TPSA) is 93.1 Å². The molecule has 8 nitrogen and oxygen atoms in total. The third-order valence-electron chi connectivity index (χ3n) is 6.21. The van der Waals surface area contributed by atoms with Crippen molar-refractivity contribution in [2.24, 2.45) is 0 Å². The normalized spacial score (nSPS) is 21.5. The fourth-order valence-electron chi connectivity index (χ4n) is 4.13. The third-order valence-corrected chi connectivity index (χ3v) is 6.21. The largest absolute Gasteiger partial charge is 0.417 e. The van der Waals surface area contributed by atoms with Crippen molar-refractivity contribution in [1.82, 2.24) is 24.8 Å². The van der Waals surface area contributed by atoms with Crippen molar-refractivity contribution in [3.05, 3.63) is 65.9 Å². The molecule has 3 atom stereocenters. The molecule has 188 valence electrons. The summed E-state index contributed by atoms with van der Waals surface area (Å²) < 4.78 is 44.6. The van der Waals surface area contributed by atoms with Gasteiger partial charge >= 0.3 is 6.18 Å². The second-order valence-corrected chi connectivity index (χ2v) is 8.85. The minimum atomic E-state index is -4.50. The smallest absolute Gasteiger partial charge is 0.373 e. The van der Waals surface area contributed by atoms with E-state index in [1.165, 1.54) is 11.0 Å². The molecule has 0 spiro atoms. The van der Waals surface area contributed by atoms with Crippen LogP contribution in [0.4, 0.5) is 19.0 Å². The fourth-order valence-corrected chi connectivity index (χ4v) is 4.13. The maximum Gasteiger partial charge on any atom is 0.417 e. The number of pyridine rings is 2. The first-order valence-electron chi connectivity index (χ1n) is 11.5. The molecule has 1 saturated heterocycles. The van der Waals surface area contributed by atoms with Gasteiger partial charge in [-0.2, -0.15) is 13.2 Å². The van der Waals surface area contributed by atoms with Crippen molar-refractivity contribution in [1.29, 1.82) is 0 Å². The van der Waals surface area contributed by atoms with Crippen LogP contribution in [0.1, 0.15) is 35.6 Å². The zero-order chi connectivity index (χ0) is 27.0. The number of ether oxygens (including phenoxy) is 1.